The molecule has 0 saturated carbocycles. The van der Waals surface area contributed by atoms with Gasteiger partial charge in [-0.1, -0.05) is 0 Å². The molecule has 1 saturated heterocycles. The van der Waals surface area contributed by atoms with Crippen molar-refractivity contribution in [2.24, 2.45) is 5.92 Å². The Morgan fingerprint density at radius 2 is 2.00 bits per heavy atom. The number of carbonyl (C=O) groups is 1. The number of hydrogen-bond acceptors (Lipinski definition) is 5. The largest absolute Gasteiger partial charge is 0.395 e. The highest BCUT2D eigenvalue weighted by Crippen LogP contribution is 2.20. The van der Waals surface area contributed by atoms with Gasteiger partial charge >= 0.3 is 0 Å². The first kappa shape index (κ1) is 17.7. The minimum atomic E-state index is -3.15. The lowest BCUT2D eigenvalue weighted by Gasteiger charge is -2.31. The summed E-state index contributed by atoms with van der Waals surface area (Å²) >= 11 is 1.52. The maximum atomic E-state index is 12.1. The monoisotopic (exact) mass is 324 g/mol. The molecule has 1 amide bonds. The van der Waals surface area contributed by atoms with Gasteiger partial charge < -0.3 is 10.4 Å². The Balaban J connectivity index is 2.47. The highest BCUT2D eigenvalue weighted by Gasteiger charge is 2.30. The molecule has 0 radical (unpaired) electrons. The Morgan fingerprint density at radius 1 is 1.45 bits per heavy atom. The van der Waals surface area contributed by atoms with Crippen LogP contribution in [0.4, 0.5) is 0 Å². The summed E-state index contributed by atoms with van der Waals surface area (Å²) in [6.45, 7) is 2.70. The van der Waals surface area contributed by atoms with Gasteiger partial charge in [0, 0.05) is 30.3 Å². The smallest absolute Gasteiger partial charge is 0.223 e. The van der Waals surface area contributed by atoms with Crippen molar-refractivity contribution in [1.82, 2.24) is 9.62 Å². The van der Waals surface area contributed by atoms with Gasteiger partial charge in [-0.15, -0.1) is 0 Å². The summed E-state index contributed by atoms with van der Waals surface area (Å²) in [6.07, 6.45) is 4.19. The van der Waals surface area contributed by atoms with Crippen LogP contribution >= 0.6 is 11.8 Å². The third kappa shape index (κ3) is 4.91. The summed E-state index contributed by atoms with van der Waals surface area (Å²) in [4.78, 5) is 12.1. The first-order chi connectivity index (χ1) is 9.29. The molecule has 1 aliphatic rings. The van der Waals surface area contributed by atoms with E-state index < -0.39 is 10.0 Å². The van der Waals surface area contributed by atoms with Gasteiger partial charge in [0.05, 0.1) is 12.9 Å². The Bertz CT molecular complexity index is 415. The van der Waals surface area contributed by atoms with Gasteiger partial charge in [0.25, 0.3) is 0 Å². The lowest BCUT2D eigenvalue weighted by molar-refractivity contribution is -0.126. The molecular weight excluding hydrogens is 300 g/mol. The minimum Gasteiger partial charge on any atom is -0.395 e. The van der Waals surface area contributed by atoms with Gasteiger partial charge in [-0.25, -0.2) is 12.7 Å². The number of sulfonamides is 1. The number of amides is 1. The number of thioether (sulfide) groups is 1. The Kier molecular flexibility index (Phi) is 6.77. The summed E-state index contributed by atoms with van der Waals surface area (Å²) in [5.41, 5.74) is 0. The van der Waals surface area contributed by atoms with Gasteiger partial charge in [0.1, 0.15) is 0 Å². The van der Waals surface area contributed by atoms with Crippen LogP contribution in [0.25, 0.3) is 0 Å². The van der Waals surface area contributed by atoms with E-state index in [4.69, 9.17) is 0 Å². The average molecular weight is 324 g/mol. The molecule has 2 unspecified atom stereocenters. The van der Waals surface area contributed by atoms with Gasteiger partial charge in [-0.2, -0.15) is 11.8 Å². The zero-order valence-electron chi connectivity index (χ0n) is 12.2. The van der Waals surface area contributed by atoms with Crippen LogP contribution in [0.2, 0.25) is 0 Å². The van der Waals surface area contributed by atoms with Gasteiger partial charge in [0.2, 0.25) is 15.9 Å². The topological polar surface area (TPSA) is 86.7 Å². The first-order valence-corrected chi connectivity index (χ1v) is 9.82. The van der Waals surface area contributed by atoms with Crippen LogP contribution in [-0.2, 0) is 14.8 Å². The molecule has 1 fully saturated rings. The van der Waals surface area contributed by atoms with Crippen LogP contribution in [-0.4, -0.2) is 67.2 Å². The second-order valence-corrected chi connectivity index (χ2v) is 8.25. The van der Waals surface area contributed by atoms with Crippen LogP contribution in [0.3, 0.4) is 0 Å². The molecule has 2 N–H and O–H groups in total. The molecule has 0 aromatic rings. The van der Waals surface area contributed by atoms with Crippen molar-refractivity contribution in [2.75, 3.05) is 32.2 Å². The van der Waals surface area contributed by atoms with E-state index in [1.165, 1.54) is 22.3 Å². The van der Waals surface area contributed by atoms with E-state index in [1.807, 2.05) is 13.2 Å². The Labute approximate surface area is 125 Å². The highest BCUT2D eigenvalue weighted by molar-refractivity contribution is 7.99. The summed E-state index contributed by atoms with van der Waals surface area (Å²) in [7, 11) is -3.15. The van der Waals surface area contributed by atoms with E-state index in [2.05, 4.69) is 5.32 Å². The molecule has 1 heterocycles. The maximum absolute atomic E-state index is 12.1. The van der Waals surface area contributed by atoms with E-state index >= 15 is 0 Å². The van der Waals surface area contributed by atoms with Crippen molar-refractivity contribution >= 4 is 27.7 Å². The lowest BCUT2D eigenvalue weighted by Crippen LogP contribution is -2.47. The predicted molar refractivity (Wildman–Crippen MR) is 81.1 cm³/mol. The van der Waals surface area contributed by atoms with Gasteiger partial charge in [-0.05, 0) is 26.0 Å². The molecule has 20 heavy (non-hydrogen) atoms. The van der Waals surface area contributed by atoms with Crippen molar-refractivity contribution in [1.29, 1.82) is 0 Å². The summed E-state index contributed by atoms with van der Waals surface area (Å²) in [6, 6.07) is -0.101. The van der Waals surface area contributed by atoms with E-state index in [-0.39, 0.29) is 29.7 Å². The molecule has 8 heteroatoms. The molecule has 6 nitrogen and oxygen atoms in total. The number of nitrogens with zero attached hydrogens (tertiary/aromatic N) is 1. The standard InChI is InChI=1S/C12H24N2O4S2/c1-9(11(8-15)19-2)13-12(16)10-4-6-14(7-5-10)20(3,17)18/h9-11,15H,4-8H2,1-3H3,(H,13,16). The van der Waals surface area contributed by atoms with Crippen molar-refractivity contribution < 1.29 is 18.3 Å². The van der Waals surface area contributed by atoms with Crippen molar-refractivity contribution in [3.05, 3.63) is 0 Å². The SMILES string of the molecule is CSC(CO)C(C)NC(=O)C1CCN(S(C)(=O)=O)CC1. The van der Waals surface area contributed by atoms with Crippen LogP contribution in [0.15, 0.2) is 0 Å². The number of hydrogen-bond donors (Lipinski definition) is 2. The van der Waals surface area contributed by atoms with Crippen molar-refractivity contribution in [3.63, 3.8) is 0 Å². The summed E-state index contributed by atoms with van der Waals surface area (Å²) in [5.74, 6) is -0.185. The zero-order valence-corrected chi connectivity index (χ0v) is 13.8. The Hall–Kier alpha value is -0.310. The molecule has 0 spiro atoms. The minimum absolute atomic E-state index is 0.0185. The fourth-order valence-electron chi connectivity index (χ4n) is 2.32. The second-order valence-electron chi connectivity index (χ2n) is 5.19. The number of rotatable bonds is 6. The molecule has 0 aromatic heterocycles. The average Bonchev–Trinajstić information content (AvgIpc) is 2.39. The number of piperidine rings is 1. The quantitative estimate of drug-likeness (QED) is 0.712. The third-order valence-corrected chi connectivity index (χ3v) is 6.17. The van der Waals surface area contributed by atoms with Crippen LogP contribution in [0.5, 0.6) is 0 Å². The fraction of sp³-hybridized carbons (Fsp3) is 0.917. The fourth-order valence-corrected chi connectivity index (χ4v) is 3.82. The number of carbonyl (C=O) groups excluding carboxylic acids is 1. The molecular formula is C12H24N2O4S2. The molecule has 1 aliphatic heterocycles. The number of aliphatic hydroxyl groups is 1. The van der Waals surface area contributed by atoms with E-state index in [0.717, 1.165) is 0 Å². The van der Waals surface area contributed by atoms with Crippen molar-refractivity contribution in [3.8, 4) is 0 Å². The summed E-state index contributed by atoms with van der Waals surface area (Å²) < 4.78 is 24.2. The van der Waals surface area contributed by atoms with Gasteiger partial charge in [-0.3, -0.25) is 4.79 Å². The van der Waals surface area contributed by atoms with E-state index in [1.54, 1.807) is 0 Å². The highest BCUT2D eigenvalue weighted by atomic mass is 32.2. The molecule has 2 atom stereocenters. The molecule has 0 aliphatic carbocycles. The Morgan fingerprint density at radius 3 is 2.40 bits per heavy atom. The molecule has 1 rings (SSSR count). The molecule has 0 aromatic carbocycles. The van der Waals surface area contributed by atoms with E-state index in [9.17, 15) is 18.3 Å². The molecule has 118 valence electrons. The predicted octanol–water partition coefficient (Wildman–Crippen LogP) is -0.113. The maximum Gasteiger partial charge on any atom is 0.223 e. The van der Waals surface area contributed by atoms with Gasteiger partial charge in [0.15, 0.2) is 0 Å². The number of aliphatic hydroxyl groups excluding tert-OH is 1. The van der Waals surface area contributed by atoms with Crippen LogP contribution < -0.4 is 5.32 Å². The second kappa shape index (κ2) is 7.63. The van der Waals surface area contributed by atoms with Crippen LogP contribution in [0, 0.1) is 5.92 Å². The number of nitrogens with one attached hydrogen (secondary N) is 1. The zero-order chi connectivity index (χ0) is 15.3. The third-order valence-electron chi connectivity index (χ3n) is 3.70. The molecule has 0 bridgehead atoms. The van der Waals surface area contributed by atoms with E-state index in [0.29, 0.717) is 25.9 Å². The first-order valence-electron chi connectivity index (χ1n) is 6.68. The summed E-state index contributed by atoms with van der Waals surface area (Å²) in [5, 5.41) is 12.1. The normalized spacial score (nSPS) is 21.4. The van der Waals surface area contributed by atoms with Crippen LogP contribution in [0.1, 0.15) is 19.8 Å². The lowest BCUT2D eigenvalue weighted by atomic mass is 9.97. The van der Waals surface area contributed by atoms with Crippen molar-refractivity contribution in [2.45, 2.75) is 31.1 Å².